The van der Waals surface area contributed by atoms with Gasteiger partial charge in [0.2, 0.25) is 5.88 Å². The van der Waals surface area contributed by atoms with Gasteiger partial charge in [0.1, 0.15) is 4.99 Å². The van der Waals surface area contributed by atoms with Gasteiger partial charge in [-0.2, -0.15) is 4.98 Å². The Morgan fingerprint density at radius 2 is 2.15 bits per heavy atom. The second-order valence-electron chi connectivity index (χ2n) is 2.14. The topological polar surface area (TPSA) is 70.3 Å². The fraction of sp³-hybridized carbons (Fsp3) is 0.286. The van der Waals surface area contributed by atoms with Crippen LogP contribution in [-0.4, -0.2) is 29.2 Å². The summed E-state index contributed by atoms with van der Waals surface area (Å²) < 4.78 is 9.76. The van der Waals surface area contributed by atoms with Crippen LogP contribution in [0.2, 0.25) is 0 Å². The molecule has 1 heterocycles. The zero-order chi connectivity index (χ0) is 9.84. The van der Waals surface area contributed by atoms with Crippen molar-refractivity contribution in [3.05, 3.63) is 11.8 Å². The first-order chi connectivity index (χ1) is 6.19. The second-order valence-corrected chi connectivity index (χ2v) is 2.58. The highest BCUT2D eigenvalue weighted by Crippen LogP contribution is 2.16. The first kappa shape index (κ1) is 9.66. The highest BCUT2D eigenvalue weighted by Gasteiger charge is 2.09. The van der Waals surface area contributed by atoms with Gasteiger partial charge in [0.05, 0.1) is 19.8 Å². The van der Waals surface area contributed by atoms with Gasteiger partial charge >= 0.3 is 6.01 Å². The lowest BCUT2D eigenvalue weighted by molar-refractivity contribution is 0.351. The minimum absolute atomic E-state index is 0.194. The van der Waals surface area contributed by atoms with Crippen LogP contribution in [0, 0.1) is 0 Å². The number of nitrogens with zero attached hydrogens (tertiary/aromatic N) is 2. The van der Waals surface area contributed by atoms with Gasteiger partial charge in [0.25, 0.3) is 0 Å². The van der Waals surface area contributed by atoms with Gasteiger partial charge in [-0.25, -0.2) is 4.98 Å². The van der Waals surface area contributed by atoms with Gasteiger partial charge in [-0.3, -0.25) is 0 Å². The molecule has 0 atom stereocenters. The van der Waals surface area contributed by atoms with Crippen LogP contribution in [0.25, 0.3) is 0 Å². The molecule has 13 heavy (non-hydrogen) atoms. The number of methoxy groups -OCH3 is 2. The predicted octanol–water partition coefficient (Wildman–Crippen LogP) is 0.128. The molecule has 0 amide bonds. The van der Waals surface area contributed by atoms with Gasteiger partial charge < -0.3 is 15.2 Å². The fourth-order valence-corrected chi connectivity index (χ4v) is 0.914. The minimum Gasteiger partial charge on any atom is -0.480 e. The normalized spacial score (nSPS) is 9.38. The maximum Gasteiger partial charge on any atom is 0.319 e. The molecular formula is C7H9N3O2S. The van der Waals surface area contributed by atoms with Crippen molar-refractivity contribution in [3.63, 3.8) is 0 Å². The van der Waals surface area contributed by atoms with Crippen LogP contribution in [-0.2, 0) is 0 Å². The Labute approximate surface area is 80.9 Å². The zero-order valence-electron chi connectivity index (χ0n) is 7.27. The summed E-state index contributed by atoms with van der Waals surface area (Å²) in [5.41, 5.74) is 5.91. The SMILES string of the molecule is COc1ncc(C(N)=S)c(OC)n1. The largest absolute Gasteiger partial charge is 0.480 e. The molecule has 0 aliphatic carbocycles. The van der Waals surface area contributed by atoms with Crippen molar-refractivity contribution in [1.29, 1.82) is 0 Å². The fourth-order valence-electron chi connectivity index (χ4n) is 0.774. The van der Waals surface area contributed by atoms with Crippen LogP contribution in [0.4, 0.5) is 0 Å². The molecule has 0 fully saturated rings. The average molecular weight is 199 g/mol. The lowest BCUT2D eigenvalue weighted by atomic mass is 10.3. The molecule has 0 bridgehead atoms. The van der Waals surface area contributed by atoms with E-state index in [0.717, 1.165) is 0 Å². The minimum atomic E-state index is 0.194. The first-order valence-electron chi connectivity index (χ1n) is 3.44. The number of ether oxygens (including phenoxy) is 2. The molecule has 70 valence electrons. The molecule has 2 N–H and O–H groups in total. The van der Waals surface area contributed by atoms with E-state index < -0.39 is 0 Å². The standard InChI is InChI=1S/C7H9N3O2S/c1-11-6-4(5(8)13)3-9-7(10-6)12-2/h3H,1-2H3,(H2,8,13). The summed E-state index contributed by atoms with van der Waals surface area (Å²) in [6, 6.07) is 0.219. The Bertz CT molecular complexity index is 330. The number of hydrogen-bond acceptors (Lipinski definition) is 5. The van der Waals surface area contributed by atoms with E-state index >= 15 is 0 Å². The van der Waals surface area contributed by atoms with E-state index in [2.05, 4.69) is 9.97 Å². The van der Waals surface area contributed by atoms with Crippen molar-refractivity contribution in [2.24, 2.45) is 5.73 Å². The van der Waals surface area contributed by atoms with Gasteiger partial charge in [0.15, 0.2) is 0 Å². The van der Waals surface area contributed by atoms with Crippen LogP contribution in [0.5, 0.6) is 11.9 Å². The third kappa shape index (κ3) is 2.03. The first-order valence-corrected chi connectivity index (χ1v) is 3.84. The van der Waals surface area contributed by atoms with Crippen LogP contribution in [0.15, 0.2) is 6.20 Å². The summed E-state index contributed by atoms with van der Waals surface area (Å²) in [4.78, 5) is 7.95. The van der Waals surface area contributed by atoms with Crippen LogP contribution < -0.4 is 15.2 Å². The zero-order valence-corrected chi connectivity index (χ0v) is 8.09. The smallest absolute Gasteiger partial charge is 0.319 e. The number of nitrogens with two attached hydrogens (primary N) is 1. The third-order valence-electron chi connectivity index (χ3n) is 1.37. The molecule has 0 aliphatic heterocycles. The Morgan fingerprint density at radius 3 is 2.62 bits per heavy atom. The molecule has 0 saturated carbocycles. The van der Waals surface area contributed by atoms with Crippen molar-refractivity contribution in [3.8, 4) is 11.9 Å². The van der Waals surface area contributed by atoms with Crippen molar-refractivity contribution >= 4 is 17.2 Å². The van der Waals surface area contributed by atoms with E-state index in [-0.39, 0.29) is 11.0 Å². The third-order valence-corrected chi connectivity index (χ3v) is 1.59. The second kappa shape index (κ2) is 3.99. The van der Waals surface area contributed by atoms with Crippen LogP contribution in [0.3, 0.4) is 0 Å². The summed E-state index contributed by atoms with van der Waals surface area (Å²) in [6.07, 6.45) is 1.47. The summed E-state index contributed by atoms with van der Waals surface area (Å²) in [5.74, 6) is 0.319. The van der Waals surface area contributed by atoms with Gasteiger partial charge in [0, 0.05) is 6.20 Å². The van der Waals surface area contributed by atoms with Crippen molar-refractivity contribution in [1.82, 2.24) is 9.97 Å². The van der Waals surface area contributed by atoms with Crippen LogP contribution >= 0.6 is 12.2 Å². The van der Waals surface area contributed by atoms with Crippen LogP contribution in [0.1, 0.15) is 5.56 Å². The number of thiocarbonyl (C=S) groups is 1. The lowest BCUT2D eigenvalue weighted by Gasteiger charge is -2.05. The quantitative estimate of drug-likeness (QED) is 0.698. The van der Waals surface area contributed by atoms with E-state index in [4.69, 9.17) is 27.4 Å². The molecule has 0 spiro atoms. The molecule has 0 saturated heterocycles. The van der Waals surface area contributed by atoms with Gasteiger partial charge in [-0.15, -0.1) is 0 Å². The Balaban J connectivity index is 3.15. The number of hydrogen-bond donors (Lipinski definition) is 1. The molecule has 0 aliphatic rings. The molecule has 5 nitrogen and oxygen atoms in total. The summed E-state index contributed by atoms with van der Waals surface area (Å²) >= 11 is 4.77. The number of aromatic nitrogens is 2. The molecular weight excluding hydrogens is 190 g/mol. The molecule has 0 aromatic carbocycles. The molecule has 6 heteroatoms. The summed E-state index contributed by atoms with van der Waals surface area (Å²) in [6.45, 7) is 0. The Hall–Kier alpha value is -1.43. The van der Waals surface area contributed by atoms with E-state index in [1.54, 1.807) is 0 Å². The highest BCUT2D eigenvalue weighted by atomic mass is 32.1. The Kier molecular flexibility index (Phi) is 2.97. The average Bonchev–Trinajstić information content (AvgIpc) is 2.16. The summed E-state index contributed by atoms with van der Waals surface area (Å²) in [5, 5.41) is 0. The molecule has 1 rings (SSSR count). The van der Waals surface area contributed by atoms with Crippen molar-refractivity contribution in [2.45, 2.75) is 0 Å². The van der Waals surface area contributed by atoms with E-state index in [1.807, 2.05) is 0 Å². The predicted molar refractivity (Wildman–Crippen MR) is 51.0 cm³/mol. The van der Waals surface area contributed by atoms with E-state index in [9.17, 15) is 0 Å². The Morgan fingerprint density at radius 1 is 1.46 bits per heavy atom. The molecule has 0 unspecified atom stereocenters. The molecule has 0 radical (unpaired) electrons. The summed E-state index contributed by atoms with van der Waals surface area (Å²) in [7, 11) is 2.94. The maximum atomic E-state index is 5.41. The number of rotatable bonds is 3. The van der Waals surface area contributed by atoms with Crippen molar-refractivity contribution in [2.75, 3.05) is 14.2 Å². The monoisotopic (exact) mass is 199 g/mol. The van der Waals surface area contributed by atoms with E-state index in [0.29, 0.717) is 11.4 Å². The van der Waals surface area contributed by atoms with E-state index in [1.165, 1.54) is 20.4 Å². The molecule has 1 aromatic heterocycles. The van der Waals surface area contributed by atoms with Crippen molar-refractivity contribution < 1.29 is 9.47 Å². The molecule has 1 aromatic rings. The maximum absolute atomic E-state index is 5.41. The van der Waals surface area contributed by atoms with Gasteiger partial charge in [-0.1, -0.05) is 12.2 Å². The highest BCUT2D eigenvalue weighted by molar-refractivity contribution is 7.80. The van der Waals surface area contributed by atoms with Gasteiger partial charge in [-0.05, 0) is 0 Å². The lowest BCUT2D eigenvalue weighted by Crippen LogP contribution is -2.12.